The summed E-state index contributed by atoms with van der Waals surface area (Å²) in [6, 6.07) is 5.15. The molecule has 1 saturated carbocycles. The van der Waals surface area contributed by atoms with Crippen LogP contribution >= 0.6 is 0 Å². The number of aromatic nitrogens is 1. The molecule has 2 saturated heterocycles. The van der Waals surface area contributed by atoms with E-state index >= 15 is 0 Å². The van der Waals surface area contributed by atoms with E-state index in [2.05, 4.69) is 27.8 Å². The minimum absolute atomic E-state index is 0.205. The molecular weight excluding hydrogens is 286 g/mol. The summed E-state index contributed by atoms with van der Waals surface area (Å²) >= 11 is 0. The largest absolute Gasteiger partial charge is 0.338 e. The molecule has 0 bridgehead atoms. The van der Waals surface area contributed by atoms with Crippen molar-refractivity contribution in [3.63, 3.8) is 0 Å². The van der Waals surface area contributed by atoms with E-state index < -0.39 is 0 Å². The van der Waals surface area contributed by atoms with Crippen molar-refractivity contribution >= 4 is 5.91 Å². The van der Waals surface area contributed by atoms with Crippen LogP contribution in [0.15, 0.2) is 24.5 Å². The van der Waals surface area contributed by atoms with E-state index in [1.165, 1.54) is 37.8 Å². The average molecular weight is 313 g/mol. The van der Waals surface area contributed by atoms with Gasteiger partial charge in [-0.05, 0) is 62.7 Å². The molecule has 124 valence electrons. The number of carbonyl (C=O) groups is 1. The fraction of sp³-hybridized carbons (Fsp3) is 0.684. The highest BCUT2D eigenvalue weighted by Crippen LogP contribution is 2.49. The van der Waals surface area contributed by atoms with Gasteiger partial charge in [-0.15, -0.1) is 0 Å². The van der Waals surface area contributed by atoms with Gasteiger partial charge in [-0.25, -0.2) is 0 Å². The fourth-order valence-electron chi connectivity index (χ4n) is 4.79. The number of carbonyl (C=O) groups excluding carboxylic acids is 1. The van der Waals surface area contributed by atoms with Gasteiger partial charge in [-0.2, -0.15) is 0 Å². The second-order valence-electron chi connectivity index (χ2n) is 7.31. The van der Waals surface area contributed by atoms with Crippen LogP contribution in [0, 0.1) is 5.92 Å². The topological polar surface area (TPSA) is 36.4 Å². The third-order valence-corrected chi connectivity index (χ3v) is 6.07. The maximum atomic E-state index is 13.0. The predicted molar refractivity (Wildman–Crippen MR) is 90.1 cm³/mol. The van der Waals surface area contributed by atoms with Crippen molar-refractivity contribution in [2.24, 2.45) is 5.92 Å². The van der Waals surface area contributed by atoms with E-state index in [-0.39, 0.29) is 5.92 Å². The molecule has 3 fully saturated rings. The lowest BCUT2D eigenvalue weighted by atomic mass is 10.0. The zero-order valence-corrected chi connectivity index (χ0v) is 14.0. The molecule has 23 heavy (non-hydrogen) atoms. The third-order valence-electron chi connectivity index (χ3n) is 6.07. The normalized spacial score (nSPS) is 34.0. The maximum absolute atomic E-state index is 13.0. The van der Waals surface area contributed by atoms with Crippen molar-refractivity contribution in [1.82, 2.24) is 14.8 Å². The molecule has 1 amide bonds. The standard InChI is InChI=1S/C19H27N3O/c1-2-21-10-4-7-17(21)18-8-5-11-22(18)19(23)16-12-15(16)14-6-3-9-20-13-14/h3,6,9,13,15-18H,2,4-5,7-8,10-12H2,1H3. The van der Waals surface area contributed by atoms with Gasteiger partial charge < -0.3 is 4.90 Å². The number of amides is 1. The van der Waals surface area contributed by atoms with Gasteiger partial charge in [0.1, 0.15) is 0 Å². The van der Waals surface area contributed by atoms with E-state index in [0.29, 0.717) is 23.9 Å². The Morgan fingerprint density at radius 3 is 2.87 bits per heavy atom. The van der Waals surface area contributed by atoms with Gasteiger partial charge >= 0.3 is 0 Å². The smallest absolute Gasteiger partial charge is 0.226 e. The van der Waals surface area contributed by atoms with Gasteiger partial charge in [0.05, 0.1) is 0 Å². The number of nitrogens with zero attached hydrogens (tertiary/aromatic N) is 3. The molecule has 3 heterocycles. The Balaban J connectivity index is 1.44. The number of hydrogen-bond donors (Lipinski definition) is 0. The molecule has 1 aromatic heterocycles. The summed E-state index contributed by atoms with van der Waals surface area (Å²) in [7, 11) is 0. The fourth-order valence-corrected chi connectivity index (χ4v) is 4.79. The van der Waals surface area contributed by atoms with Crippen molar-refractivity contribution in [2.75, 3.05) is 19.6 Å². The van der Waals surface area contributed by atoms with Crippen molar-refractivity contribution in [3.8, 4) is 0 Å². The molecule has 1 aliphatic carbocycles. The summed E-state index contributed by atoms with van der Waals surface area (Å²) < 4.78 is 0. The number of pyridine rings is 1. The van der Waals surface area contributed by atoms with Crippen LogP contribution in [0.25, 0.3) is 0 Å². The molecular formula is C19H27N3O. The minimum atomic E-state index is 0.205. The zero-order valence-electron chi connectivity index (χ0n) is 14.0. The lowest BCUT2D eigenvalue weighted by molar-refractivity contribution is -0.134. The van der Waals surface area contributed by atoms with Crippen LogP contribution in [0.3, 0.4) is 0 Å². The van der Waals surface area contributed by atoms with Crippen molar-refractivity contribution in [1.29, 1.82) is 0 Å². The second-order valence-corrected chi connectivity index (χ2v) is 7.31. The van der Waals surface area contributed by atoms with E-state index in [9.17, 15) is 4.79 Å². The summed E-state index contributed by atoms with van der Waals surface area (Å²) in [6.07, 6.45) is 9.66. The molecule has 4 rings (SSSR count). The summed E-state index contributed by atoms with van der Waals surface area (Å²) in [5.41, 5.74) is 1.23. The van der Waals surface area contributed by atoms with Crippen LogP contribution in [-0.4, -0.2) is 52.4 Å². The summed E-state index contributed by atoms with van der Waals surface area (Å²) in [5.74, 6) is 1.02. The van der Waals surface area contributed by atoms with Gasteiger partial charge in [0, 0.05) is 36.9 Å². The predicted octanol–water partition coefficient (Wildman–Crippen LogP) is 2.66. The van der Waals surface area contributed by atoms with E-state index in [1.807, 2.05) is 12.3 Å². The first kappa shape index (κ1) is 15.1. The summed E-state index contributed by atoms with van der Waals surface area (Å²) in [6.45, 7) is 5.54. The van der Waals surface area contributed by atoms with E-state index in [4.69, 9.17) is 0 Å². The first-order valence-corrected chi connectivity index (χ1v) is 9.24. The summed E-state index contributed by atoms with van der Waals surface area (Å²) in [5, 5.41) is 0. The molecule has 0 aromatic carbocycles. The number of rotatable bonds is 4. The summed E-state index contributed by atoms with van der Waals surface area (Å²) in [4.78, 5) is 22.1. The zero-order chi connectivity index (χ0) is 15.8. The molecule has 2 aliphatic heterocycles. The lowest BCUT2D eigenvalue weighted by Gasteiger charge is -2.34. The van der Waals surface area contributed by atoms with E-state index in [1.54, 1.807) is 6.20 Å². The molecule has 4 nitrogen and oxygen atoms in total. The van der Waals surface area contributed by atoms with Crippen LogP contribution in [0.1, 0.15) is 50.5 Å². The van der Waals surface area contributed by atoms with Crippen LogP contribution in [0.5, 0.6) is 0 Å². The minimum Gasteiger partial charge on any atom is -0.338 e. The Kier molecular flexibility index (Phi) is 4.10. The molecule has 4 atom stereocenters. The Morgan fingerprint density at radius 1 is 1.26 bits per heavy atom. The molecule has 0 radical (unpaired) electrons. The molecule has 1 aromatic rings. The maximum Gasteiger partial charge on any atom is 0.226 e. The van der Waals surface area contributed by atoms with Gasteiger partial charge in [0.15, 0.2) is 0 Å². The Hall–Kier alpha value is -1.42. The highest BCUT2D eigenvalue weighted by Gasteiger charge is 2.49. The Labute approximate surface area is 138 Å². The SMILES string of the molecule is CCN1CCCC1C1CCCN1C(=O)C1CC1c1cccnc1. The highest BCUT2D eigenvalue weighted by molar-refractivity contribution is 5.83. The van der Waals surface area contributed by atoms with Crippen molar-refractivity contribution in [3.05, 3.63) is 30.1 Å². The molecule has 4 unspecified atom stereocenters. The average Bonchev–Trinajstić information content (AvgIpc) is 3.02. The van der Waals surface area contributed by atoms with Crippen molar-refractivity contribution in [2.45, 2.75) is 57.0 Å². The highest BCUT2D eigenvalue weighted by atomic mass is 16.2. The first-order chi connectivity index (χ1) is 11.3. The number of hydrogen-bond acceptors (Lipinski definition) is 3. The quantitative estimate of drug-likeness (QED) is 0.857. The third kappa shape index (κ3) is 2.78. The van der Waals surface area contributed by atoms with Gasteiger partial charge in [-0.3, -0.25) is 14.7 Å². The Morgan fingerprint density at radius 2 is 2.09 bits per heavy atom. The molecule has 0 N–H and O–H groups in total. The van der Waals surface area contributed by atoms with Crippen LogP contribution < -0.4 is 0 Å². The first-order valence-electron chi connectivity index (χ1n) is 9.24. The second kappa shape index (κ2) is 6.23. The molecule has 4 heteroatoms. The lowest BCUT2D eigenvalue weighted by Crippen LogP contribution is -2.48. The van der Waals surface area contributed by atoms with Gasteiger partial charge in [-0.1, -0.05) is 13.0 Å². The monoisotopic (exact) mass is 313 g/mol. The van der Waals surface area contributed by atoms with Crippen LogP contribution in [0.2, 0.25) is 0 Å². The van der Waals surface area contributed by atoms with Gasteiger partial charge in [0.25, 0.3) is 0 Å². The van der Waals surface area contributed by atoms with Gasteiger partial charge in [0.2, 0.25) is 5.91 Å². The van der Waals surface area contributed by atoms with Crippen molar-refractivity contribution < 1.29 is 4.79 Å². The van der Waals surface area contributed by atoms with E-state index in [0.717, 1.165) is 19.5 Å². The van der Waals surface area contributed by atoms with Crippen LogP contribution in [-0.2, 0) is 4.79 Å². The molecule has 3 aliphatic rings. The number of likely N-dealkylation sites (N-methyl/N-ethyl adjacent to an activating group) is 1. The Bertz CT molecular complexity index is 561. The number of likely N-dealkylation sites (tertiary alicyclic amines) is 2. The van der Waals surface area contributed by atoms with Crippen LogP contribution in [0.4, 0.5) is 0 Å². The molecule has 0 spiro atoms.